The summed E-state index contributed by atoms with van der Waals surface area (Å²) in [5, 5.41) is 8.58. The number of aldehydes is 1. The molecule has 0 aliphatic heterocycles. The molecule has 0 saturated carbocycles. The first-order chi connectivity index (χ1) is 5.38. The number of hydrogen-bond acceptors (Lipinski definition) is 3. The largest absolute Gasteiger partial charge is 0.396 e. The van der Waals surface area contributed by atoms with Crippen LogP contribution in [0.3, 0.4) is 0 Å². The summed E-state index contributed by atoms with van der Waals surface area (Å²) >= 11 is 0. The van der Waals surface area contributed by atoms with Gasteiger partial charge in [0.1, 0.15) is 0 Å². The molecule has 0 bridgehead atoms. The molecule has 1 N–H and O–H groups in total. The van der Waals surface area contributed by atoms with Crippen LogP contribution in [0.25, 0.3) is 0 Å². The molecule has 3 heteroatoms. The predicted octanol–water partition coefficient (Wildman–Crippen LogP) is 0.429. The predicted molar refractivity (Wildman–Crippen MR) is 40.4 cm³/mol. The average molecular weight is 151 g/mol. The maximum Gasteiger partial charge on any atom is 0.151 e. The minimum Gasteiger partial charge on any atom is -0.396 e. The van der Waals surface area contributed by atoms with Crippen LogP contribution >= 0.6 is 0 Å². The Hall–Kier alpha value is -1.22. The Morgan fingerprint density at radius 1 is 1.64 bits per heavy atom. The smallest absolute Gasteiger partial charge is 0.151 e. The molecule has 0 unspecified atom stereocenters. The van der Waals surface area contributed by atoms with Crippen molar-refractivity contribution < 1.29 is 9.90 Å². The standard InChI is InChI=1S/C8H9NO2/c10-5-3-8-7(6-11)2-1-4-9-8/h1-2,4,6,10H,3,5H2. The van der Waals surface area contributed by atoms with Crippen LogP contribution < -0.4 is 0 Å². The van der Waals surface area contributed by atoms with Crippen LogP contribution in [0.4, 0.5) is 0 Å². The number of hydrogen-bond donors (Lipinski definition) is 1. The zero-order valence-electron chi connectivity index (χ0n) is 6.03. The van der Waals surface area contributed by atoms with Crippen molar-refractivity contribution in [2.75, 3.05) is 6.61 Å². The van der Waals surface area contributed by atoms with Gasteiger partial charge in [0.05, 0.1) is 5.69 Å². The van der Waals surface area contributed by atoms with Crippen LogP contribution in [-0.2, 0) is 6.42 Å². The van der Waals surface area contributed by atoms with Crippen LogP contribution in [0.2, 0.25) is 0 Å². The first kappa shape index (κ1) is 7.88. The number of nitrogens with zero attached hydrogens (tertiary/aromatic N) is 1. The average Bonchev–Trinajstić information content (AvgIpc) is 2.06. The van der Waals surface area contributed by atoms with Crippen molar-refractivity contribution in [1.29, 1.82) is 0 Å². The monoisotopic (exact) mass is 151 g/mol. The highest BCUT2D eigenvalue weighted by molar-refractivity contribution is 5.76. The number of rotatable bonds is 3. The van der Waals surface area contributed by atoms with Gasteiger partial charge in [0.25, 0.3) is 0 Å². The number of pyridine rings is 1. The Balaban J connectivity index is 2.92. The van der Waals surface area contributed by atoms with Crippen molar-refractivity contribution in [1.82, 2.24) is 4.98 Å². The summed E-state index contributed by atoms with van der Waals surface area (Å²) in [7, 11) is 0. The maximum absolute atomic E-state index is 10.4. The number of aliphatic hydroxyl groups is 1. The van der Waals surface area contributed by atoms with Gasteiger partial charge in [0, 0.05) is 24.8 Å². The number of aromatic nitrogens is 1. The third-order valence-electron chi connectivity index (χ3n) is 1.40. The number of aliphatic hydroxyl groups excluding tert-OH is 1. The van der Waals surface area contributed by atoms with E-state index in [0.717, 1.165) is 6.29 Å². The first-order valence-corrected chi connectivity index (χ1v) is 3.38. The lowest BCUT2D eigenvalue weighted by atomic mass is 10.2. The molecular weight excluding hydrogens is 142 g/mol. The lowest BCUT2D eigenvalue weighted by Gasteiger charge is -1.98. The van der Waals surface area contributed by atoms with Gasteiger partial charge in [-0.15, -0.1) is 0 Å². The van der Waals surface area contributed by atoms with Gasteiger partial charge in [-0.3, -0.25) is 9.78 Å². The molecule has 3 nitrogen and oxygen atoms in total. The second-order valence-corrected chi connectivity index (χ2v) is 2.13. The van der Waals surface area contributed by atoms with Crippen molar-refractivity contribution in [2.24, 2.45) is 0 Å². The van der Waals surface area contributed by atoms with E-state index >= 15 is 0 Å². The van der Waals surface area contributed by atoms with Gasteiger partial charge in [-0.2, -0.15) is 0 Å². The third kappa shape index (κ3) is 1.85. The van der Waals surface area contributed by atoms with E-state index in [-0.39, 0.29) is 6.61 Å². The molecule has 0 amide bonds. The Labute approximate surface area is 64.7 Å². The van der Waals surface area contributed by atoms with E-state index in [1.165, 1.54) is 0 Å². The van der Waals surface area contributed by atoms with Crippen LogP contribution in [0.15, 0.2) is 18.3 Å². The molecule has 0 spiro atoms. The summed E-state index contributed by atoms with van der Waals surface area (Å²) in [4.78, 5) is 14.3. The Morgan fingerprint density at radius 2 is 2.45 bits per heavy atom. The lowest BCUT2D eigenvalue weighted by molar-refractivity contribution is 0.112. The van der Waals surface area contributed by atoms with Gasteiger partial charge < -0.3 is 5.11 Å². The SMILES string of the molecule is O=Cc1cccnc1CCO. The highest BCUT2D eigenvalue weighted by atomic mass is 16.3. The van der Waals surface area contributed by atoms with Crippen molar-refractivity contribution >= 4 is 6.29 Å². The molecule has 1 aromatic rings. The van der Waals surface area contributed by atoms with E-state index in [1.807, 2.05) is 0 Å². The van der Waals surface area contributed by atoms with Gasteiger partial charge in [-0.1, -0.05) is 0 Å². The highest BCUT2D eigenvalue weighted by Crippen LogP contribution is 2.01. The van der Waals surface area contributed by atoms with E-state index in [2.05, 4.69) is 4.98 Å². The van der Waals surface area contributed by atoms with Gasteiger partial charge in [0.2, 0.25) is 0 Å². The Morgan fingerprint density at radius 3 is 3.09 bits per heavy atom. The van der Waals surface area contributed by atoms with Gasteiger partial charge >= 0.3 is 0 Å². The van der Waals surface area contributed by atoms with Crippen LogP contribution in [0.1, 0.15) is 16.1 Å². The molecule has 1 rings (SSSR count). The molecule has 0 aliphatic rings. The van der Waals surface area contributed by atoms with E-state index in [0.29, 0.717) is 17.7 Å². The molecular formula is C8H9NO2. The molecule has 0 aliphatic carbocycles. The van der Waals surface area contributed by atoms with E-state index in [1.54, 1.807) is 18.3 Å². The molecule has 58 valence electrons. The van der Waals surface area contributed by atoms with Gasteiger partial charge in [0.15, 0.2) is 6.29 Å². The summed E-state index contributed by atoms with van der Waals surface area (Å²) in [6.07, 6.45) is 2.80. The molecule has 0 fully saturated rings. The molecule has 0 radical (unpaired) electrons. The van der Waals surface area contributed by atoms with Gasteiger partial charge in [-0.05, 0) is 12.1 Å². The molecule has 0 aromatic carbocycles. The maximum atomic E-state index is 10.4. The molecule has 0 atom stereocenters. The first-order valence-electron chi connectivity index (χ1n) is 3.38. The van der Waals surface area contributed by atoms with Crippen molar-refractivity contribution in [3.05, 3.63) is 29.6 Å². The number of carbonyl (C=O) groups excluding carboxylic acids is 1. The third-order valence-corrected chi connectivity index (χ3v) is 1.40. The molecule has 1 aromatic heterocycles. The fourth-order valence-electron chi connectivity index (χ4n) is 0.873. The fourth-order valence-corrected chi connectivity index (χ4v) is 0.873. The zero-order valence-corrected chi connectivity index (χ0v) is 6.03. The molecule has 0 saturated heterocycles. The van der Waals surface area contributed by atoms with E-state index in [9.17, 15) is 4.79 Å². The zero-order chi connectivity index (χ0) is 8.10. The van der Waals surface area contributed by atoms with E-state index in [4.69, 9.17) is 5.11 Å². The minimum atomic E-state index is 0.0256. The van der Waals surface area contributed by atoms with E-state index < -0.39 is 0 Å². The normalized spacial score (nSPS) is 9.55. The summed E-state index contributed by atoms with van der Waals surface area (Å²) in [6, 6.07) is 3.38. The molecule has 11 heavy (non-hydrogen) atoms. The minimum absolute atomic E-state index is 0.0256. The second-order valence-electron chi connectivity index (χ2n) is 2.13. The lowest BCUT2D eigenvalue weighted by Crippen LogP contribution is -1.98. The summed E-state index contributed by atoms with van der Waals surface area (Å²) in [6.45, 7) is 0.0256. The van der Waals surface area contributed by atoms with Crippen molar-refractivity contribution in [3.63, 3.8) is 0 Å². The highest BCUT2D eigenvalue weighted by Gasteiger charge is 1.99. The van der Waals surface area contributed by atoms with Crippen LogP contribution in [0, 0.1) is 0 Å². The van der Waals surface area contributed by atoms with Crippen LogP contribution in [-0.4, -0.2) is 23.0 Å². The number of carbonyl (C=O) groups is 1. The second kappa shape index (κ2) is 3.83. The summed E-state index contributed by atoms with van der Waals surface area (Å²) in [5.74, 6) is 0. The van der Waals surface area contributed by atoms with Gasteiger partial charge in [-0.25, -0.2) is 0 Å². The summed E-state index contributed by atoms with van der Waals surface area (Å²) < 4.78 is 0. The Kier molecular flexibility index (Phi) is 2.74. The quantitative estimate of drug-likeness (QED) is 0.637. The Bertz CT molecular complexity index is 248. The summed E-state index contributed by atoms with van der Waals surface area (Å²) in [5.41, 5.74) is 1.21. The fraction of sp³-hybridized carbons (Fsp3) is 0.250. The van der Waals surface area contributed by atoms with Crippen molar-refractivity contribution in [3.8, 4) is 0 Å². The van der Waals surface area contributed by atoms with Crippen LogP contribution in [0.5, 0.6) is 0 Å². The van der Waals surface area contributed by atoms with Crippen molar-refractivity contribution in [2.45, 2.75) is 6.42 Å². The molecule has 1 heterocycles. The topological polar surface area (TPSA) is 50.2 Å².